The van der Waals surface area contributed by atoms with Crippen LogP contribution >= 0.6 is 39.1 Å². The molecule has 0 aromatic heterocycles. The third-order valence-electron chi connectivity index (χ3n) is 6.48. The molecule has 3 aromatic carbocycles. The maximum absolute atomic E-state index is 13.7. The Labute approximate surface area is 236 Å². The zero-order chi connectivity index (χ0) is 26.2. The lowest BCUT2D eigenvalue weighted by Gasteiger charge is -2.32. The highest BCUT2D eigenvalue weighted by Gasteiger charge is 2.32. The molecule has 4 rings (SSSR count). The Balaban J connectivity index is 1.61. The van der Waals surface area contributed by atoms with Crippen molar-refractivity contribution in [2.75, 3.05) is 6.61 Å². The Kier molecular flexibility index (Phi) is 9.89. The summed E-state index contributed by atoms with van der Waals surface area (Å²) < 4.78 is 6.72. The molecule has 0 aliphatic heterocycles. The van der Waals surface area contributed by atoms with Gasteiger partial charge < -0.3 is 15.0 Å². The Morgan fingerprint density at radius 1 is 0.973 bits per heavy atom. The van der Waals surface area contributed by atoms with E-state index in [-0.39, 0.29) is 31.0 Å². The predicted molar refractivity (Wildman–Crippen MR) is 151 cm³/mol. The minimum atomic E-state index is -0.705. The molecule has 1 aliphatic rings. The van der Waals surface area contributed by atoms with Crippen LogP contribution < -0.4 is 10.1 Å². The number of carbonyl (C=O) groups is 2. The topological polar surface area (TPSA) is 58.6 Å². The number of nitrogens with one attached hydrogen (secondary N) is 1. The molecule has 37 heavy (non-hydrogen) atoms. The molecule has 0 saturated heterocycles. The highest BCUT2D eigenvalue weighted by atomic mass is 79.9. The second kappa shape index (κ2) is 13.3. The van der Waals surface area contributed by atoms with Gasteiger partial charge in [0.25, 0.3) is 5.91 Å². The SMILES string of the molecule is O=C(NC1CCCC1)[C@@H](Cc1ccccc1)N(Cc1ccc(Br)cc1)C(=O)COc1ccc(Cl)cc1Cl. The average Bonchev–Trinajstić information content (AvgIpc) is 3.40. The normalized spacial score (nSPS) is 14.2. The molecule has 0 spiro atoms. The first-order valence-corrected chi connectivity index (χ1v) is 13.9. The summed E-state index contributed by atoms with van der Waals surface area (Å²) in [5.74, 6) is -0.0970. The number of ether oxygens (including phenoxy) is 1. The Morgan fingerprint density at radius 2 is 1.68 bits per heavy atom. The van der Waals surface area contributed by atoms with E-state index in [1.54, 1.807) is 23.1 Å². The van der Waals surface area contributed by atoms with E-state index >= 15 is 0 Å². The first kappa shape index (κ1) is 27.5. The van der Waals surface area contributed by atoms with Crippen molar-refractivity contribution in [2.45, 2.75) is 50.7 Å². The molecule has 1 N–H and O–H groups in total. The number of hydrogen-bond donors (Lipinski definition) is 1. The van der Waals surface area contributed by atoms with Gasteiger partial charge in [0.05, 0.1) is 5.02 Å². The number of rotatable bonds is 10. The number of benzene rings is 3. The predicted octanol–water partition coefficient (Wildman–Crippen LogP) is 6.83. The van der Waals surface area contributed by atoms with E-state index in [9.17, 15) is 9.59 Å². The molecule has 194 valence electrons. The summed E-state index contributed by atoms with van der Waals surface area (Å²) in [6.07, 6.45) is 4.52. The van der Waals surface area contributed by atoms with Crippen molar-refractivity contribution in [1.82, 2.24) is 10.2 Å². The summed E-state index contributed by atoms with van der Waals surface area (Å²) in [6, 6.07) is 21.8. The number of amides is 2. The maximum Gasteiger partial charge on any atom is 0.261 e. The Hall–Kier alpha value is -2.54. The van der Waals surface area contributed by atoms with E-state index in [0.29, 0.717) is 22.2 Å². The second-order valence-corrected chi connectivity index (χ2v) is 11.0. The van der Waals surface area contributed by atoms with E-state index in [2.05, 4.69) is 21.2 Å². The van der Waals surface area contributed by atoms with Crippen molar-refractivity contribution in [3.63, 3.8) is 0 Å². The van der Waals surface area contributed by atoms with E-state index < -0.39 is 6.04 Å². The van der Waals surface area contributed by atoms with Gasteiger partial charge >= 0.3 is 0 Å². The van der Waals surface area contributed by atoms with Gasteiger partial charge in [-0.15, -0.1) is 0 Å². The van der Waals surface area contributed by atoms with Crippen LogP contribution in [0, 0.1) is 0 Å². The van der Waals surface area contributed by atoms with E-state index in [1.807, 2.05) is 54.6 Å². The van der Waals surface area contributed by atoms with E-state index in [0.717, 1.165) is 41.3 Å². The van der Waals surface area contributed by atoms with Gasteiger partial charge in [-0.1, -0.05) is 94.4 Å². The molecule has 1 atom stereocenters. The maximum atomic E-state index is 13.7. The summed E-state index contributed by atoms with van der Waals surface area (Å²) in [5, 5.41) is 4.00. The fraction of sp³-hybridized carbons (Fsp3) is 0.310. The van der Waals surface area contributed by atoms with Crippen molar-refractivity contribution >= 4 is 50.9 Å². The summed E-state index contributed by atoms with van der Waals surface area (Å²) in [5.41, 5.74) is 1.89. The first-order valence-electron chi connectivity index (χ1n) is 12.3. The van der Waals surface area contributed by atoms with Crippen molar-refractivity contribution in [3.05, 3.63) is 98.4 Å². The van der Waals surface area contributed by atoms with Gasteiger partial charge in [-0.3, -0.25) is 9.59 Å². The van der Waals surface area contributed by atoms with Crippen LogP contribution in [-0.2, 0) is 22.6 Å². The molecular weight excluding hydrogens is 575 g/mol. The molecule has 1 fully saturated rings. The number of nitrogens with zero attached hydrogens (tertiary/aromatic N) is 1. The Morgan fingerprint density at radius 3 is 2.35 bits per heavy atom. The Bertz CT molecular complexity index is 1200. The number of hydrogen-bond acceptors (Lipinski definition) is 3. The average molecular weight is 604 g/mol. The van der Waals surface area contributed by atoms with Gasteiger partial charge in [0.2, 0.25) is 5.91 Å². The molecule has 0 bridgehead atoms. The lowest BCUT2D eigenvalue weighted by atomic mass is 10.0. The molecule has 0 unspecified atom stereocenters. The van der Waals surface area contributed by atoms with Crippen LogP contribution in [0.1, 0.15) is 36.8 Å². The van der Waals surface area contributed by atoms with E-state index in [4.69, 9.17) is 27.9 Å². The summed E-state index contributed by atoms with van der Waals surface area (Å²) in [4.78, 5) is 29.0. The third-order valence-corrected chi connectivity index (χ3v) is 7.54. The van der Waals surface area contributed by atoms with Crippen LogP contribution in [0.15, 0.2) is 77.3 Å². The summed E-state index contributed by atoms with van der Waals surface area (Å²) in [6.45, 7) is -0.000705. The highest BCUT2D eigenvalue weighted by molar-refractivity contribution is 9.10. The fourth-order valence-electron chi connectivity index (χ4n) is 4.52. The van der Waals surface area contributed by atoms with Gasteiger partial charge in [0.1, 0.15) is 11.8 Å². The lowest BCUT2D eigenvalue weighted by molar-refractivity contribution is -0.143. The minimum Gasteiger partial charge on any atom is -0.482 e. The monoisotopic (exact) mass is 602 g/mol. The molecule has 0 radical (unpaired) electrons. The fourth-order valence-corrected chi connectivity index (χ4v) is 5.25. The number of halogens is 3. The van der Waals surface area contributed by atoms with Gasteiger partial charge in [0, 0.05) is 28.5 Å². The zero-order valence-electron chi connectivity index (χ0n) is 20.3. The van der Waals surface area contributed by atoms with Crippen LogP contribution in [0.3, 0.4) is 0 Å². The van der Waals surface area contributed by atoms with Gasteiger partial charge in [0.15, 0.2) is 6.61 Å². The second-order valence-electron chi connectivity index (χ2n) is 9.21. The smallest absolute Gasteiger partial charge is 0.261 e. The molecule has 2 amide bonds. The van der Waals surface area contributed by atoms with E-state index in [1.165, 1.54) is 0 Å². The lowest BCUT2D eigenvalue weighted by Crippen LogP contribution is -2.53. The highest BCUT2D eigenvalue weighted by Crippen LogP contribution is 2.28. The van der Waals surface area contributed by atoms with Crippen LogP contribution in [0.25, 0.3) is 0 Å². The van der Waals surface area contributed by atoms with Gasteiger partial charge in [-0.05, 0) is 54.3 Å². The molecular formula is C29H29BrCl2N2O3. The third kappa shape index (κ3) is 7.97. The van der Waals surface area contributed by atoms with Crippen molar-refractivity contribution in [3.8, 4) is 5.75 Å². The van der Waals surface area contributed by atoms with Crippen LogP contribution in [0.4, 0.5) is 0 Å². The molecule has 8 heteroatoms. The minimum absolute atomic E-state index is 0.138. The standard InChI is InChI=1S/C29H29BrCl2N2O3/c30-22-12-10-21(11-13-22)18-34(28(35)19-37-27-15-14-23(31)17-25(27)32)26(16-20-6-2-1-3-7-20)29(36)33-24-8-4-5-9-24/h1-3,6-7,10-15,17,24,26H,4-5,8-9,16,18-19H2,(H,33,36)/t26-/m1/s1. The molecule has 0 heterocycles. The van der Waals surface area contributed by atoms with Crippen molar-refractivity contribution in [2.24, 2.45) is 0 Å². The van der Waals surface area contributed by atoms with Crippen molar-refractivity contribution < 1.29 is 14.3 Å². The zero-order valence-corrected chi connectivity index (χ0v) is 23.4. The van der Waals surface area contributed by atoms with Crippen LogP contribution in [0.5, 0.6) is 5.75 Å². The van der Waals surface area contributed by atoms with Gasteiger partial charge in [-0.2, -0.15) is 0 Å². The summed E-state index contributed by atoms with van der Waals surface area (Å²) >= 11 is 15.7. The first-order chi connectivity index (χ1) is 17.9. The van der Waals surface area contributed by atoms with Crippen molar-refractivity contribution in [1.29, 1.82) is 0 Å². The van der Waals surface area contributed by atoms with Gasteiger partial charge in [-0.25, -0.2) is 0 Å². The molecule has 3 aromatic rings. The molecule has 1 aliphatic carbocycles. The van der Waals surface area contributed by atoms with Crippen LogP contribution in [-0.4, -0.2) is 35.4 Å². The molecule has 5 nitrogen and oxygen atoms in total. The molecule has 1 saturated carbocycles. The summed E-state index contributed by atoms with van der Waals surface area (Å²) in [7, 11) is 0. The quantitative estimate of drug-likeness (QED) is 0.276. The van der Waals surface area contributed by atoms with Crippen LogP contribution in [0.2, 0.25) is 10.0 Å². The number of carbonyl (C=O) groups excluding carboxylic acids is 2. The largest absolute Gasteiger partial charge is 0.482 e.